The van der Waals surface area contributed by atoms with Gasteiger partial charge in [0, 0.05) is 21.8 Å². The van der Waals surface area contributed by atoms with Gasteiger partial charge in [-0.25, -0.2) is 0 Å². The largest absolute Gasteiger partial charge is 0.309 e. The molecule has 0 atom stereocenters. The van der Waals surface area contributed by atoms with Crippen LogP contribution in [-0.2, 0) is 5.41 Å². The van der Waals surface area contributed by atoms with E-state index in [1.807, 2.05) is 0 Å². The van der Waals surface area contributed by atoms with Crippen LogP contribution in [0.3, 0.4) is 0 Å². The van der Waals surface area contributed by atoms with Gasteiger partial charge in [0.2, 0.25) is 0 Å². The summed E-state index contributed by atoms with van der Waals surface area (Å²) in [5, 5.41) is 13.0. The first kappa shape index (κ1) is 29.0. The maximum absolute atomic E-state index is 2.45. The van der Waals surface area contributed by atoms with Crippen molar-refractivity contribution in [1.29, 1.82) is 0 Å². The third-order valence-electron chi connectivity index (χ3n) is 10.9. The smallest absolute Gasteiger partial charge is 0.0619 e. The molecule has 0 aliphatic heterocycles. The lowest BCUT2D eigenvalue weighted by atomic mass is 9.81. The molecule has 0 saturated heterocycles. The van der Waals surface area contributed by atoms with Crippen LogP contribution in [0, 0.1) is 6.92 Å². The Labute approximate surface area is 292 Å². The number of hydrogen-bond acceptors (Lipinski definition) is 0. The molecule has 10 rings (SSSR count). The van der Waals surface area contributed by atoms with Gasteiger partial charge >= 0.3 is 0 Å². The van der Waals surface area contributed by atoms with Crippen molar-refractivity contribution < 1.29 is 0 Å². The molecule has 0 amide bonds. The van der Waals surface area contributed by atoms with Crippen LogP contribution in [0.1, 0.15) is 31.9 Å². The first-order valence-electron chi connectivity index (χ1n) is 17.7. The lowest BCUT2D eigenvalue weighted by molar-refractivity contribution is 0.591. The summed E-state index contributed by atoms with van der Waals surface area (Å²) >= 11 is 0. The second kappa shape index (κ2) is 10.5. The SMILES string of the molecule is Cc1ccc(-c2cc(-c3ccc(-n4c5ccccc5c5ccc6ccccc6c54)cc3)c3ccc4cc(C(C)(C)C)cc5ccc2c3c54)cc1. The molecule has 1 nitrogen and oxygen atoms in total. The van der Waals surface area contributed by atoms with Crippen LogP contribution in [0.4, 0.5) is 0 Å². The zero-order valence-corrected chi connectivity index (χ0v) is 28.9. The molecular weight excluding hydrogens is 603 g/mol. The van der Waals surface area contributed by atoms with Crippen LogP contribution in [0.2, 0.25) is 0 Å². The Hall–Kier alpha value is -5.92. The first-order valence-corrected chi connectivity index (χ1v) is 17.7. The summed E-state index contributed by atoms with van der Waals surface area (Å²) in [6.07, 6.45) is 0. The minimum atomic E-state index is 0.0765. The Morgan fingerprint density at radius 2 is 1.00 bits per heavy atom. The van der Waals surface area contributed by atoms with Crippen molar-refractivity contribution in [1.82, 2.24) is 4.57 Å². The van der Waals surface area contributed by atoms with E-state index in [1.165, 1.54) is 104 Å². The fraction of sp³-hybridized carbons (Fsp3) is 0.102. The number of para-hydroxylation sites is 1. The van der Waals surface area contributed by atoms with E-state index < -0.39 is 0 Å². The molecule has 1 heterocycles. The van der Waals surface area contributed by atoms with Gasteiger partial charge in [0.15, 0.2) is 0 Å². The molecule has 10 aromatic rings. The second-order valence-corrected chi connectivity index (χ2v) is 15.1. The van der Waals surface area contributed by atoms with Gasteiger partial charge < -0.3 is 4.57 Å². The highest BCUT2D eigenvalue weighted by molar-refractivity contribution is 6.28. The molecule has 1 heteroatoms. The molecule has 238 valence electrons. The molecule has 0 bridgehead atoms. The van der Waals surface area contributed by atoms with Gasteiger partial charge in [-0.2, -0.15) is 0 Å². The highest BCUT2D eigenvalue weighted by Gasteiger charge is 2.21. The molecule has 0 saturated carbocycles. The van der Waals surface area contributed by atoms with Gasteiger partial charge in [0.05, 0.1) is 11.0 Å². The number of aromatic nitrogens is 1. The van der Waals surface area contributed by atoms with E-state index in [9.17, 15) is 0 Å². The van der Waals surface area contributed by atoms with Gasteiger partial charge in [-0.3, -0.25) is 0 Å². The lowest BCUT2D eigenvalue weighted by Crippen LogP contribution is -2.10. The molecule has 0 N–H and O–H groups in total. The summed E-state index contributed by atoms with van der Waals surface area (Å²) in [6, 6.07) is 57.0. The molecule has 1 aromatic heterocycles. The molecule has 0 aliphatic carbocycles. The van der Waals surface area contributed by atoms with Crippen LogP contribution in [-0.4, -0.2) is 4.57 Å². The molecule has 0 radical (unpaired) electrons. The summed E-state index contributed by atoms with van der Waals surface area (Å²) < 4.78 is 2.45. The average molecular weight is 640 g/mol. The normalized spacial score (nSPS) is 12.4. The summed E-state index contributed by atoms with van der Waals surface area (Å²) in [6.45, 7) is 9.07. The monoisotopic (exact) mass is 639 g/mol. The fourth-order valence-electron chi connectivity index (χ4n) is 8.35. The molecule has 0 unspecified atom stereocenters. The average Bonchev–Trinajstić information content (AvgIpc) is 3.48. The van der Waals surface area contributed by atoms with Crippen LogP contribution in [0.25, 0.3) is 92.8 Å². The van der Waals surface area contributed by atoms with Gasteiger partial charge in [0.1, 0.15) is 0 Å². The van der Waals surface area contributed by atoms with E-state index in [2.05, 4.69) is 184 Å². The van der Waals surface area contributed by atoms with Gasteiger partial charge in [-0.15, -0.1) is 0 Å². The van der Waals surface area contributed by atoms with Crippen molar-refractivity contribution >= 4 is 64.9 Å². The van der Waals surface area contributed by atoms with Crippen molar-refractivity contribution in [3.63, 3.8) is 0 Å². The minimum absolute atomic E-state index is 0.0765. The first-order chi connectivity index (χ1) is 24.3. The summed E-state index contributed by atoms with van der Waals surface area (Å²) in [5.41, 5.74) is 11.4. The number of fused-ring (bicyclic) bond motifs is 5. The van der Waals surface area contributed by atoms with Crippen LogP contribution in [0.15, 0.2) is 152 Å². The number of rotatable bonds is 3. The Balaban J connectivity index is 1.23. The third-order valence-corrected chi connectivity index (χ3v) is 10.9. The predicted octanol–water partition coefficient (Wildman–Crippen LogP) is 13.8. The maximum Gasteiger partial charge on any atom is 0.0619 e. The van der Waals surface area contributed by atoms with E-state index in [0.717, 1.165) is 0 Å². The summed E-state index contributed by atoms with van der Waals surface area (Å²) in [5.74, 6) is 0. The van der Waals surface area contributed by atoms with E-state index in [-0.39, 0.29) is 5.41 Å². The maximum atomic E-state index is 2.45. The minimum Gasteiger partial charge on any atom is -0.309 e. The van der Waals surface area contributed by atoms with E-state index >= 15 is 0 Å². The van der Waals surface area contributed by atoms with Crippen molar-refractivity contribution in [3.05, 3.63) is 163 Å². The van der Waals surface area contributed by atoms with Crippen molar-refractivity contribution in [3.8, 4) is 27.9 Å². The molecular formula is C49H37N. The van der Waals surface area contributed by atoms with E-state index in [0.29, 0.717) is 0 Å². The standard InChI is InChI=1S/C49H37N/c1-30-13-15-32(16-14-30)43-29-44(41-25-21-35-28-36(49(2,3)4)27-34-20-24-40(43)47(41)46(34)35)33-17-22-37(23-18-33)50-45-12-8-7-11-39(45)42-26-19-31-9-5-6-10-38(31)48(42)50/h5-29H,1-4H3. The van der Waals surface area contributed by atoms with Crippen LogP contribution < -0.4 is 0 Å². The topological polar surface area (TPSA) is 4.93 Å². The highest BCUT2D eigenvalue weighted by Crippen LogP contribution is 2.45. The zero-order valence-electron chi connectivity index (χ0n) is 28.9. The van der Waals surface area contributed by atoms with E-state index in [1.54, 1.807) is 0 Å². The van der Waals surface area contributed by atoms with E-state index in [4.69, 9.17) is 0 Å². The summed E-state index contributed by atoms with van der Waals surface area (Å²) in [7, 11) is 0. The molecule has 0 fully saturated rings. The van der Waals surface area contributed by atoms with Crippen LogP contribution in [0.5, 0.6) is 0 Å². The quantitative estimate of drug-likeness (QED) is 0.170. The number of benzene rings is 9. The van der Waals surface area contributed by atoms with Gasteiger partial charge in [-0.05, 0) is 102 Å². The second-order valence-electron chi connectivity index (χ2n) is 15.1. The summed E-state index contributed by atoms with van der Waals surface area (Å²) in [4.78, 5) is 0. The van der Waals surface area contributed by atoms with Gasteiger partial charge in [0.25, 0.3) is 0 Å². The van der Waals surface area contributed by atoms with Crippen molar-refractivity contribution in [2.45, 2.75) is 33.1 Å². The fourth-order valence-corrected chi connectivity index (χ4v) is 8.35. The number of nitrogens with zero attached hydrogens (tertiary/aromatic N) is 1. The Bertz CT molecular complexity index is 2910. The van der Waals surface area contributed by atoms with Crippen molar-refractivity contribution in [2.24, 2.45) is 0 Å². The molecule has 50 heavy (non-hydrogen) atoms. The van der Waals surface area contributed by atoms with Gasteiger partial charge in [-0.1, -0.05) is 154 Å². The highest BCUT2D eigenvalue weighted by atomic mass is 15.0. The number of aryl methyl sites for hydroxylation is 1. The molecule has 9 aromatic carbocycles. The third kappa shape index (κ3) is 4.26. The van der Waals surface area contributed by atoms with Crippen molar-refractivity contribution in [2.75, 3.05) is 0 Å². The predicted molar refractivity (Wildman–Crippen MR) is 216 cm³/mol. The number of hydrogen-bond donors (Lipinski definition) is 0. The Morgan fingerprint density at radius 1 is 0.440 bits per heavy atom. The Kier molecular flexibility index (Phi) is 6.12. The molecule has 0 aliphatic rings. The molecule has 0 spiro atoms. The Morgan fingerprint density at radius 3 is 1.66 bits per heavy atom. The lowest BCUT2D eigenvalue weighted by Gasteiger charge is -2.23. The zero-order chi connectivity index (χ0) is 33.7. The van der Waals surface area contributed by atoms with Crippen LogP contribution >= 0.6 is 0 Å².